The summed E-state index contributed by atoms with van der Waals surface area (Å²) >= 11 is 0. The predicted molar refractivity (Wildman–Crippen MR) is 76.9 cm³/mol. The first kappa shape index (κ1) is 13.9. The van der Waals surface area contributed by atoms with Crippen LogP contribution in [-0.2, 0) is 9.53 Å². The van der Waals surface area contributed by atoms with Gasteiger partial charge in [0.1, 0.15) is 12.2 Å². The lowest BCUT2D eigenvalue weighted by molar-refractivity contribution is -0.137. The zero-order chi connectivity index (χ0) is 14.5. The van der Waals surface area contributed by atoms with E-state index in [-0.39, 0.29) is 12.2 Å². The summed E-state index contributed by atoms with van der Waals surface area (Å²) < 4.78 is 10.00. The molecule has 0 spiro atoms. The molecule has 0 aliphatic rings. The maximum atomic E-state index is 11.3. The standard InChI is InChI=1S/C15H15NO4/c1-3-14(17)19-7-6-16-11-4-5-12-10(2)8-15(18)20-13(12)9-11/h3-5,8-9,16H,1,6-7H2,2H3. The van der Waals surface area contributed by atoms with Crippen molar-refractivity contribution in [1.29, 1.82) is 0 Å². The minimum absolute atomic E-state index is 0.237. The number of nitrogens with one attached hydrogen (secondary N) is 1. The van der Waals surface area contributed by atoms with E-state index in [0.717, 1.165) is 22.7 Å². The zero-order valence-corrected chi connectivity index (χ0v) is 11.1. The van der Waals surface area contributed by atoms with Crippen molar-refractivity contribution in [1.82, 2.24) is 0 Å². The molecule has 0 amide bonds. The topological polar surface area (TPSA) is 68.5 Å². The molecule has 0 bridgehead atoms. The van der Waals surface area contributed by atoms with E-state index < -0.39 is 5.97 Å². The van der Waals surface area contributed by atoms with Crippen LogP contribution in [0.2, 0.25) is 0 Å². The Bertz CT molecular complexity index is 703. The highest BCUT2D eigenvalue weighted by molar-refractivity contribution is 5.83. The van der Waals surface area contributed by atoms with Crippen molar-refractivity contribution in [3.05, 3.63) is 52.9 Å². The molecule has 0 saturated carbocycles. The Balaban J connectivity index is 2.06. The van der Waals surface area contributed by atoms with E-state index in [1.165, 1.54) is 6.07 Å². The number of carbonyl (C=O) groups excluding carboxylic acids is 1. The molecule has 104 valence electrons. The molecule has 2 aromatic rings. The molecule has 0 radical (unpaired) electrons. The van der Waals surface area contributed by atoms with Crippen molar-refractivity contribution < 1.29 is 13.9 Å². The minimum Gasteiger partial charge on any atom is -0.461 e. The first-order chi connectivity index (χ1) is 9.60. The number of benzene rings is 1. The summed E-state index contributed by atoms with van der Waals surface area (Å²) in [4.78, 5) is 22.2. The average molecular weight is 273 g/mol. The van der Waals surface area contributed by atoms with Gasteiger partial charge < -0.3 is 14.5 Å². The monoisotopic (exact) mass is 273 g/mol. The van der Waals surface area contributed by atoms with E-state index in [4.69, 9.17) is 9.15 Å². The summed E-state index contributed by atoms with van der Waals surface area (Å²) in [6.45, 7) is 5.87. The van der Waals surface area contributed by atoms with Gasteiger partial charge in [0.15, 0.2) is 0 Å². The van der Waals surface area contributed by atoms with Crippen LogP contribution < -0.4 is 10.9 Å². The van der Waals surface area contributed by atoms with Crippen molar-refractivity contribution in [2.45, 2.75) is 6.92 Å². The Morgan fingerprint density at radius 3 is 3.00 bits per heavy atom. The van der Waals surface area contributed by atoms with Crippen LogP contribution >= 0.6 is 0 Å². The molecule has 0 saturated heterocycles. The lowest BCUT2D eigenvalue weighted by Crippen LogP contribution is -2.12. The molecule has 0 atom stereocenters. The van der Waals surface area contributed by atoms with Crippen LogP contribution in [0.25, 0.3) is 11.0 Å². The molecule has 0 fully saturated rings. The van der Waals surface area contributed by atoms with E-state index in [0.29, 0.717) is 12.1 Å². The fraction of sp³-hybridized carbons (Fsp3) is 0.200. The Labute approximate surface area is 115 Å². The van der Waals surface area contributed by atoms with Gasteiger partial charge in [0.25, 0.3) is 0 Å². The van der Waals surface area contributed by atoms with Gasteiger partial charge in [-0.1, -0.05) is 6.58 Å². The Morgan fingerprint density at radius 1 is 1.45 bits per heavy atom. The van der Waals surface area contributed by atoms with E-state index in [1.807, 2.05) is 19.1 Å². The zero-order valence-electron chi connectivity index (χ0n) is 11.1. The van der Waals surface area contributed by atoms with E-state index in [9.17, 15) is 9.59 Å². The van der Waals surface area contributed by atoms with Gasteiger partial charge in [-0.05, 0) is 24.6 Å². The summed E-state index contributed by atoms with van der Waals surface area (Å²) in [7, 11) is 0. The van der Waals surface area contributed by atoms with Crippen LogP contribution in [0.3, 0.4) is 0 Å². The number of hydrogen-bond donors (Lipinski definition) is 1. The molecule has 20 heavy (non-hydrogen) atoms. The summed E-state index contributed by atoms with van der Waals surface area (Å²) in [5.41, 5.74) is 1.83. The van der Waals surface area contributed by atoms with Crippen LogP contribution in [0.5, 0.6) is 0 Å². The number of fused-ring (bicyclic) bond motifs is 1. The molecule has 1 aromatic carbocycles. The Hall–Kier alpha value is -2.56. The van der Waals surface area contributed by atoms with Crippen LogP contribution in [-0.4, -0.2) is 19.1 Å². The van der Waals surface area contributed by atoms with Gasteiger partial charge in [0.05, 0.1) is 0 Å². The summed E-state index contributed by atoms with van der Waals surface area (Å²) in [6, 6.07) is 6.97. The van der Waals surface area contributed by atoms with Crippen molar-refractivity contribution in [2.24, 2.45) is 0 Å². The summed E-state index contributed by atoms with van der Waals surface area (Å²) in [5.74, 6) is -0.452. The maximum Gasteiger partial charge on any atom is 0.336 e. The normalized spacial score (nSPS) is 10.2. The van der Waals surface area contributed by atoms with Gasteiger partial charge in [-0.3, -0.25) is 0 Å². The van der Waals surface area contributed by atoms with Gasteiger partial charge in [-0.15, -0.1) is 0 Å². The molecule has 1 heterocycles. The van der Waals surface area contributed by atoms with Gasteiger partial charge >= 0.3 is 11.6 Å². The highest BCUT2D eigenvalue weighted by Crippen LogP contribution is 2.20. The van der Waals surface area contributed by atoms with Crippen LogP contribution in [0, 0.1) is 6.92 Å². The second-order valence-corrected chi connectivity index (χ2v) is 4.26. The van der Waals surface area contributed by atoms with Crippen molar-refractivity contribution in [2.75, 3.05) is 18.5 Å². The third-order valence-corrected chi connectivity index (χ3v) is 2.79. The summed E-state index contributed by atoms with van der Waals surface area (Å²) in [6.07, 6.45) is 1.12. The molecule has 0 unspecified atom stereocenters. The Kier molecular flexibility index (Phi) is 4.20. The lowest BCUT2D eigenvalue weighted by Gasteiger charge is -2.08. The van der Waals surface area contributed by atoms with Crippen LogP contribution in [0.4, 0.5) is 5.69 Å². The number of esters is 1. The highest BCUT2D eigenvalue weighted by Gasteiger charge is 2.03. The molecule has 5 heteroatoms. The van der Waals surface area contributed by atoms with Crippen molar-refractivity contribution in [3.8, 4) is 0 Å². The first-order valence-corrected chi connectivity index (χ1v) is 6.18. The number of rotatable bonds is 5. The quantitative estimate of drug-likeness (QED) is 0.391. The number of anilines is 1. The molecular weight excluding hydrogens is 258 g/mol. The third-order valence-electron chi connectivity index (χ3n) is 2.79. The van der Waals surface area contributed by atoms with Gasteiger partial charge in [0, 0.05) is 35.8 Å². The van der Waals surface area contributed by atoms with Crippen molar-refractivity contribution in [3.63, 3.8) is 0 Å². The van der Waals surface area contributed by atoms with E-state index >= 15 is 0 Å². The summed E-state index contributed by atoms with van der Waals surface area (Å²) in [5, 5.41) is 3.98. The van der Waals surface area contributed by atoms with Gasteiger partial charge in [-0.25, -0.2) is 9.59 Å². The maximum absolute atomic E-state index is 11.3. The third kappa shape index (κ3) is 3.26. The molecule has 1 aromatic heterocycles. The smallest absolute Gasteiger partial charge is 0.336 e. The molecule has 1 N–H and O–H groups in total. The fourth-order valence-corrected chi connectivity index (χ4v) is 1.84. The van der Waals surface area contributed by atoms with E-state index in [1.54, 1.807) is 6.07 Å². The molecule has 0 aliphatic heterocycles. The highest BCUT2D eigenvalue weighted by atomic mass is 16.5. The number of aryl methyl sites for hydroxylation is 1. The second-order valence-electron chi connectivity index (χ2n) is 4.26. The molecular formula is C15H15NO4. The van der Waals surface area contributed by atoms with Gasteiger partial charge in [-0.2, -0.15) is 0 Å². The Morgan fingerprint density at radius 2 is 2.25 bits per heavy atom. The molecule has 2 rings (SSSR count). The van der Waals surface area contributed by atoms with Gasteiger partial charge in [0.2, 0.25) is 0 Å². The largest absolute Gasteiger partial charge is 0.461 e. The second kappa shape index (κ2) is 6.06. The first-order valence-electron chi connectivity index (χ1n) is 6.18. The number of ether oxygens (including phenoxy) is 1. The van der Waals surface area contributed by atoms with Crippen LogP contribution in [0.15, 0.2) is 46.1 Å². The average Bonchev–Trinajstić information content (AvgIpc) is 2.42. The molecule has 0 aliphatic carbocycles. The van der Waals surface area contributed by atoms with E-state index in [2.05, 4.69) is 11.9 Å². The number of carbonyl (C=O) groups is 1. The predicted octanol–water partition coefficient (Wildman–Crippen LogP) is 2.24. The van der Waals surface area contributed by atoms with Crippen molar-refractivity contribution >= 4 is 22.6 Å². The fourth-order valence-electron chi connectivity index (χ4n) is 1.84. The number of hydrogen-bond acceptors (Lipinski definition) is 5. The SMILES string of the molecule is C=CC(=O)OCCNc1ccc2c(C)cc(=O)oc2c1. The molecule has 5 nitrogen and oxygen atoms in total. The minimum atomic E-state index is -0.452. The lowest BCUT2D eigenvalue weighted by atomic mass is 10.1. The van der Waals surface area contributed by atoms with Crippen LogP contribution in [0.1, 0.15) is 5.56 Å².